The van der Waals surface area contributed by atoms with E-state index in [1.165, 1.54) is 0 Å². The monoisotopic (exact) mass is 433 g/mol. The van der Waals surface area contributed by atoms with Crippen molar-refractivity contribution in [2.75, 3.05) is 0 Å². The zero-order chi connectivity index (χ0) is 19.7. The van der Waals surface area contributed by atoms with Gasteiger partial charge in [-0.05, 0) is 47.5 Å². The number of nitrogens with two attached hydrogens (primary N) is 1. The van der Waals surface area contributed by atoms with Gasteiger partial charge in [-0.2, -0.15) is 0 Å². The molecule has 140 valence electrons. The second-order valence-electron chi connectivity index (χ2n) is 6.72. The van der Waals surface area contributed by atoms with Gasteiger partial charge in [-0.3, -0.25) is 0 Å². The van der Waals surface area contributed by atoms with Crippen molar-refractivity contribution in [1.82, 2.24) is 9.97 Å². The van der Waals surface area contributed by atoms with Crippen LogP contribution in [0.4, 0.5) is 0 Å². The molecule has 3 aromatic carbocycles. The number of halogens is 1. The van der Waals surface area contributed by atoms with Crippen molar-refractivity contribution in [3.8, 4) is 22.5 Å². The van der Waals surface area contributed by atoms with Crippen molar-refractivity contribution in [3.63, 3.8) is 0 Å². The van der Waals surface area contributed by atoms with Crippen LogP contribution in [0.3, 0.4) is 0 Å². The first-order chi connectivity index (χ1) is 13.6. The number of aliphatic hydroxyl groups is 1. The number of benzene rings is 3. The van der Waals surface area contributed by atoms with Gasteiger partial charge in [0.1, 0.15) is 0 Å². The van der Waals surface area contributed by atoms with Gasteiger partial charge in [0.05, 0.1) is 29.4 Å². The highest BCUT2D eigenvalue weighted by Gasteiger charge is 2.14. The van der Waals surface area contributed by atoms with Gasteiger partial charge >= 0.3 is 0 Å². The summed E-state index contributed by atoms with van der Waals surface area (Å²) in [6.07, 6.45) is 0. The van der Waals surface area contributed by atoms with Crippen molar-refractivity contribution in [1.29, 1.82) is 0 Å². The van der Waals surface area contributed by atoms with Crippen molar-refractivity contribution in [3.05, 3.63) is 82.1 Å². The van der Waals surface area contributed by atoms with E-state index < -0.39 is 0 Å². The van der Waals surface area contributed by atoms with Crippen LogP contribution in [0.1, 0.15) is 17.0 Å². The summed E-state index contributed by atoms with van der Waals surface area (Å²) in [5, 5.41) is 12.2. The fourth-order valence-corrected chi connectivity index (χ4v) is 3.76. The Kier molecular flexibility index (Phi) is 5.22. The molecule has 0 radical (unpaired) electrons. The van der Waals surface area contributed by atoms with Crippen LogP contribution >= 0.6 is 15.9 Å². The first-order valence-corrected chi connectivity index (χ1v) is 9.86. The summed E-state index contributed by atoms with van der Waals surface area (Å²) in [5.74, 6) is 0. The van der Waals surface area contributed by atoms with Crippen LogP contribution in [-0.4, -0.2) is 15.1 Å². The second kappa shape index (κ2) is 7.80. The molecule has 0 fully saturated rings. The molecule has 4 nitrogen and oxygen atoms in total. The normalized spacial score (nSPS) is 11.1. The molecule has 4 rings (SSSR count). The van der Waals surface area contributed by atoms with E-state index in [-0.39, 0.29) is 6.61 Å². The molecule has 0 aliphatic carbocycles. The molecule has 0 spiro atoms. The maximum atomic E-state index is 9.94. The summed E-state index contributed by atoms with van der Waals surface area (Å²) < 4.78 is 1.05. The van der Waals surface area contributed by atoms with E-state index in [9.17, 15) is 5.11 Å². The Balaban J connectivity index is 1.84. The maximum absolute atomic E-state index is 9.94. The van der Waals surface area contributed by atoms with Crippen molar-refractivity contribution < 1.29 is 5.11 Å². The first-order valence-electron chi connectivity index (χ1n) is 9.06. The molecular formula is C23H20BrN3O. The highest BCUT2D eigenvalue weighted by Crippen LogP contribution is 2.30. The molecule has 0 unspecified atom stereocenters. The fourth-order valence-electron chi connectivity index (χ4n) is 3.38. The maximum Gasteiger partial charge on any atom is 0.0945 e. The van der Waals surface area contributed by atoms with E-state index in [1.807, 2.05) is 43.3 Å². The van der Waals surface area contributed by atoms with Crippen LogP contribution in [0.15, 0.2) is 65.1 Å². The number of hydrogen-bond donors (Lipinski definition) is 2. The topological polar surface area (TPSA) is 72.0 Å². The lowest BCUT2D eigenvalue weighted by Crippen LogP contribution is -2.04. The Labute approximate surface area is 172 Å². The minimum absolute atomic E-state index is 0.178. The summed E-state index contributed by atoms with van der Waals surface area (Å²) in [5.41, 5.74) is 11.5. The first kappa shape index (κ1) is 18.7. The minimum Gasteiger partial charge on any atom is -0.390 e. The van der Waals surface area contributed by atoms with Crippen molar-refractivity contribution in [2.45, 2.75) is 20.1 Å². The molecule has 0 saturated heterocycles. The predicted molar refractivity (Wildman–Crippen MR) is 117 cm³/mol. The number of hydrogen-bond acceptors (Lipinski definition) is 4. The van der Waals surface area contributed by atoms with E-state index >= 15 is 0 Å². The number of rotatable bonds is 4. The highest BCUT2D eigenvalue weighted by molar-refractivity contribution is 9.10. The smallest absolute Gasteiger partial charge is 0.0945 e. The van der Waals surface area contributed by atoms with Gasteiger partial charge in [0.2, 0.25) is 0 Å². The quantitative estimate of drug-likeness (QED) is 0.475. The standard InChI is InChI=1S/C23H20BrN3O/c1-14-22(19-6-5-17-11-20(24)8-7-16(17)10-19)27-21(13-28)23(26-14)18-4-2-3-15(9-18)12-25/h2-11,28H,12-13,25H2,1H3. The summed E-state index contributed by atoms with van der Waals surface area (Å²) in [7, 11) is 0. The molecule has 0 aliphatic heterocycles. The van der Waals surface area contributed by atoms with Crippen LogP contribution in [0.5, 0.6) is 0 Å². The Morgan fingerprint density at radius 2 is 1.64 bits per heavy atom. The van der Waals surface area contributed by atoms with E-state index in [0.717, 1.165) is 43.3 Å². The van der Waals surface area contributed by atoms with Gasteiger partial charge in [-0.1, -0.05) is 52.3 Å². The van der Waals surface area contributed by atoms with Gasteiger partial charge < -0.3 is 10.8 Å². The molecule has 0 aliphatic rings. The predicted octanol–water partition coefficient (Wildman–Crippen LogP) is 4.99. The van der Waals surface area contributed by atoms with Crippen LogP contribution < -0.4 is 5.73 Å². The van der Waals surface area contributed by atoms with Crippen LogP contribution in [0.25, 0.3) is 33.3 Å². The third-order valence-corrected chi connectivity index (χ3v) is 5.30. The van der Waals surface area contributed by atoms with Gasteiger partial charge in [0, 0.05) is 22.1 Å². The molecule has 1 aromatic heterocycles. The Bertz CT molecular complexity index is 1170. The summed E-state index contributed by atoms with van der Waals surface area (Å²) in [4.78, 5) is 9.55. The molecule has 0 bridgehead atoms. The summed E-state index contributed by atoms with van der Waals surface area (Å²) >= 11 is 3.51. The Morgan fingerprint density at radius 1 is 0.893 bits per heavy atom. The summed E-state index contributed by atoms with van der Waals surface area (Å²) in [6.45, 7) is 2.23. The molecule has 1 heterocycles. The van der Waals surface area contributed by atoms with E-state index in [0.29, 0.717) is 17.9 Å². The van der Waals surface area contributed by atoms with E-state index in [2.05, 4.69) is 40.2 Å². The zero-order valence-corrected chi connectivity index (χ0v) is 17.1. The van der Waals surface area contributed by atoms with E-state index in [4.69, 9.17) is 15.7 Å². The largest absolute Gasteiger partial charge is 0.390 e. The van der Waals surface area contributed by atoms with Crippen molar-refractivity contribution in [2.24, 2.45) is 5.73 Å². The molecule has 4 aromatic rings. The molecule has 0 atom stereocenters. The molecule has 28 heavy (non-hydrogen) atoms. The van der Waals surface area contributed by atoms with Crippen LogP contribution in [-0.2, 0) is 13.2 Å². The van der Waals surface area contributed by atoms with Crippen molar-refractivity contribution >= 4 is 26.7 Å². The number of aromatic nitrogens is 2. The Hall–Kier alpha value is -2.60. The average Bonchev–Trinajstić information content (AvgIpc) is 2.73. The lowest BCUT2D eigenvalue weighted by molar-refractivity contribution is 0.277. The molecule has 0 amide bonds. The average molecular weight is 434 g/mol. The third kappa shape index (κ3) is 3.56. The number of aliphatic hydroxyl groups excluding tert-OH is 1. The Morgan fingerprint density at radius 3 is 2.43 bits per heavy atom. The number of nitrogens with zero attached hydrogens (tertiary/aromatic N) is 2. The number of fused-ring (bicyclic) bond motifs is 1. The lowest BCUT2D eigenvalue weighted by Gasteiger charge is -2.13. The molecular weight excluding hydrogens is 414 g/mol. The van der Waals surface area contributed by atoms with E-state index in [1.54, 1.807) is 0 Å². The van der Waals surface area contributed by atoms with Gasteiger partial charge in [0.15, 0.2) is 0 Å². The van der Waals surface area contributed by atoms with Crippen LogP contribution in [0.2, 0.25) is 0 Å². The lowest BCUT2D eigenvalue weighted by atomic mass is 10.0. The highest BCUT2D eigenvalue weighted by atomic mass is 79.9. The fraction of sp³-hybridized carbons (Fsp3) is 0.130. The molecule has 5 heteroatoms. The number of aryl methyl sites for hydroxylation is 1. The molecule has 3 N–H and O–H groups in total. The third-order valence-electron chi connectivity index (χ3n) is 4.80. The minimum atomic E-state index is -0.178. The van der Waals surface area contributed by atoms with Gasteiger partial charge in [-0.25, -0.2) is 9.97 Å². The zero-order valence-electron chi connectivity index (χ0n) is 15.5. The van der Waals surface area contributed by atoms with Gasteiger partial charge in [0.25, 0.3) is 0 Å². The SMILES string of the molecule is Cc1nc(-c2cccc(CN)c2)c(CO)nc1-c1ccc2cc(Br)ccc2c1. The summed E-state index contributed by atoms with van der Waals surface area (Å²) in [6, 6.07) is 20.3. The second-order valence-corrected chi connectivity index (χ2v) is 7.64. The van der Waals surface area contributed by atoms with Gasteiger partial charge in [-0.15, -0.1) is 0 Å². The van der Waals surface area contributed by atoms with Crippen LogP contribution in [0, 0.1) is 6.92 Å². The molecule has 0 saturated carbocycles.